The fourth-order valence-electron chi connectivity index (χ4n) is 3.97. The molecule has 3 aromatic rings. The van der Waals surface area contributed by atoms with Gasteiger partial charge in [-0.1, -0.05) is 42.0 Å². The predicted octanol–water partition coefficient (Wildman–Crippen LogP) is 6.20. The van der Waals surface area contributed by atoms with Crippen molar-refractivity contribution in [3.05, 3.63) is 65.4 Å². The Morgan fingerprint density at radius 2 is 1.72 bits per heavy atom. The summed E-state index contributed by atoms with van der Waals surface area (Å²) in [6, 6.07) is 15.4. The van der Waals surface area contributed by atoms with Crippen LogP contribution in [-0.4, -0.2) is 27.5 Å². The molecule has 0 N–H and O–H groups in total. The van der Waals surface area contributed by atoms with E-state index >= 15 is 0 Å². The lowest BCUT2D eigenvalue weighted by Crippen LogP contribution is -2.43. The van der Waals surface area contributed by atoms with E-state index in [4.69, 9.17) is 0 Å². The van der Waals surface area contributed by atoms with Gasteiger partial charge in [-0.25, -0.2) is 0 Å². The van der Waals surface area contributed by atoms with Crippen LogP contribution < -0.4 is 0 Å². The maximum atomic E-state index is 13.0. The number of aromatic nitrogens is 1. The topological polar surface area (TPSA) is 25.2 Å². The van der Waals surface area contributed by atoms with Crippen molar-refractivity contribution in [1.82, 2.24) is 9.47 Å². The Balaban J connectivity index is 1.87. The second-order valence-electron chi connectivity index (χ2n) is 8.35. The molecule has 154 valence electrons. The number of aryl methyl sites for hydroxylation is 2. The summed E-state index contributed by atoms with van der Waals surface area (Å²) in [4.78, 5) is 16.2. The van der Waals surface area contributed by atoms with Gasteiger partial charge in [-0.3, -0.25) is 4.79 Å². The largest absolute Gasteiger partial charge is 0.337 e. The number of carbonyl (C=O) groups excluding carboxylic acids is 1. The summed E-state index contributed by atoms with van der Waals surface area (Å²) in [6.07, 6.45) is 2.15. The van der Waals surface area contributed by atoms with Crippen LogP contribution in [0.5, 0.6) is 0 Å². The van der Waals surface area contributed by atoms with Gasteiger partial charge in [0.15, 0.2) is 0 Å². The van der Waals surface area contributed by atoms with Gasteiger partial charge in [0.05, 0.1) is 0 Å². The monoisotopic (exact) mass is 408 g/mol. The lowest BCUT2D eigenvalue weighted by molar-refractivity contribution is -0.135. The van der Waals surface area contributed by atoms with Gasteiger partial charge in [0, 0.05) is 39.8 Å². The van der Waals surface area contributed by atoms with Crippen LogP contribution in [-0.2, 0) is 17.1 Å². The van der Waals surface area contributed by atoms with Crippen LogP contribution >= 0.6 is 11.8 Å². The molecule has 1 heterocycles. The number of hydrogen-bond acceptors (Lipinski definition) is 2. The van der Waals surface area contributed by atoms with E-state index in [1.54, 1.807) is 0 Å². The average molecular weight is 409 g/mol. The molecular formula is C25H32N2OS. The maximum Gasteiger partial charge on any atom is 0.242 e. The molecule has 1 aromatic heterocycles. The van der Waals surface area contributed by atoms with E-state index in [1.807, 2.05) is 22.7 Å². The van der Waals surface area contributed by atoms with Crippen molar-refractivity contribution in [3.63, 3.8) is 0 Å². The Bertz CT molecular complexity index is 995. The van der Waals surface area contributed by atoms with E-state index in [2.05, 4.69) is 88.7 Å². The fourth-order valence-corrected chi connectivity index (χ4v) is 5.12. The number of rotatable bonds is 7. The van der Waals surface area contributed by atoms with Crippen LogP contribution in [0.3, 0.4) is 0 Å². The zero-order chi connectivity index (χ0) is 21.1. The van der Waals surface area contributed by atoms with Crippen LogP contribution in [0.1, 0.15) is 44.4 Å². The Hall–Kier alpha value is -2.20. The van der Waals surface area contributed by atoms with Crippen molar-refractivity contribution in [2.45, 2.75) is 70.8 Å². The molecule has 0 saturated carbocycles. The molecule has 0 spiro atoms. The van der Waals surface area contributed by atoms with E-state index in [0.29, 0.717) is 6.54 Å². The molecule has 0 aliphatic carbocycles. The minimum atomic E-state index is 0.168. The summed E-state index contributed by atoms with van der Waals surface area (Å²) >= 11 is 1.85. The molecule has 0 saturated heterocycles. The molecule has 0 atom stereocenters. The Labute approximate surface area is 179 Å². The van der Waals surface area contributed by atoms with Gasteiger partial charge >= 0.3 is 0 Å². The van der Waals surface area contributed by atoms with E-state index in [9.17, 15) is 4.79 Å². The summed E-state index contributed by atoms with van der Waals surface area (Å²) in [6.45, 7) is 13.0. The molecule has 0 fully saturated rings. The smallest absolute Gasteiger partial charge is 0.242 e. The van der Waals surface area contributed by atoms with Crippen LogP contribution in [0, 0.1) is 13.8 Å². The van der Waals surface area contributed by atoms with Gasteiger partial charge in [0.1, 0.15) is 6.54 Å². The molecule has 3 nitrogen and oxygen atoms in total. The first kappa shape index (κ1) is 21.5. The Morgan fingerprint density at radius 1 is 1.03 bits per heavy atom. The number of fused-ring (bicyclic) bond motifs is 1. The van der Waals surface area contributed by atoms with E-state index in [-0.39, 0.29) is 18.0 Å². The third-order valence-corrected chi connectivity index (χ3v) is 6.44. The normalized spacial score (nSPS) is 11.6. The second-order valence-corrected chi connectivity index (χ2v) is 9.36. The van der Waals surface area contributed by atoms with Gasteiger partial charge < -0.3 is 9.47 Å². The molecule has 2 aromatic carbocycles. The second kappa shape index (κ2) is 9.08. The molecule has 29 heavy (non-hydrogen) atoms. The van der Waals surface area contributed by atoms with Gasteiger partial charge in [-0.05, 0) is 58.7 Å². The van der Waals surface area contributed by atoms with Gasteiger partial charge in [-0.15, -0.1) is 11.8 Å². The maximum absolute atomic E-state index is 13.0. The van der Waals surface area contributed by atoms with Crippen molar-refractivity contribution in [3.8, 4) is 0 Å². The third kappa shape index (κ3) is 4.87. The van der Waals surface area contributed by atoms with Crippen LogP contribution in [0.4, 0.5) is 0 Å². The quantitative estimate of drug-likeness (QED) is 0.435. The molecule has 0 bridgehead atoms. The number of nitrogens with zero attached hydrogens (tertiary/aromatic N) is 2. The summed E-state index contributed by atoms with van der Waals surface area (Å²) in [5.74, 6) is 1.10. The molecular weight excluding hydrogens is 376 g/mol. The van der Waals surface area contributed by atoms with Crippen molar-refractivity contribution in [2.24, 2.45) is 0 Å². The minimum Gasteiger partial charge on any atom is -0.337 e. The van der Waals surface area contributed by atoms with E-state index < -0.39 is 0 Å². The van der Waals surface area contributed by atoms with Crippen LogP contribution in [0.25, 0.3) is 10.9 Å². The lowest BCUT2D eigenvalue weighted by atomic mass is 10.1. The molecule has 0 unspecified atom stereocenters. The molecule has 1 amide bonds. The standard InChI is InChI=1S/C25H32N2OS/c1-17(2)27(18(3)4)25(28)15-26-14-24(22-9-7-8-10-23(22)26)29-16-21-13-19(5)11-12-20(21)6/h7-14,17-18H,15-16H2,1-6H3. The zero-order valence-electron chi connectivity index (χ0n) is 18.4. The number of para-hydroxylation sites is 1. The first-order chi connectivity index (χ1) is 13.8. The number of benzene rings is 2. The summed E-state index contributed by atoms with van der Waals surface area (Å²) in [7, 11) is 0. The molecule has 0 aliphatic heterocycles. The van der Waals surface area contributed by atoms with Crippen LogP contribution in [0.15, 0.2) is 53.6 Å². The molecule has 4 heteroatoms. The number of hydrogen-bond donors (Lipinski definition) is 0. The fraction of sp³-hybridized carbons (Fsp3) is 0.400. The highest BCUT2D eigenvalue weighted by molar-refractivity contribution is 7.98. The lowest BCUT2D eigenvalue weighted by Gasteiger charge is -2.31. The summed E-state index contributed by atoms with van der Waals surface area (Å²) < 4.78 is 2.11. The summed E-state index contributed by atoms with van der Waals surface area (Å²) in [5, 5.41) is 1.22. The molecule has 0 radical (unpaired) electrons. The number of carbonyl (C=O) groups is 1. The Kier molecular flexibility index (Phi) is 6.74. The van der Waals surface area contributed by atoms with Crippen molar-refractivity contribution >= 4 is 28.6 Å². The summed E-state index contributed by atoms with van der Waals surface area (Å²) in [5.41, 5.74) is 5.11. The van der Waals surface area contributed by atoms with Gasteiger partial charge in [-0.2, -0.15) is 0 Å². The highest BCUT2D eigenvalue weighted by Gasteiger charge is 2.21. The van der Waals surface area contributed by atoms with E-state index in [0.717, 1.165) is 11.3 Å². The SMILES string of the molecule is Cc1ccc(C)c(CSc2cn(CC(=O)N(C(C)C)C(C)C)c3ccccc23)c1. The minimum absolute atomic E-state index is 0.168. The first-order valence-electron chi connectivity index (χ1n) is 10.4. The van der Waals surface area contributed by atoms with Crippen LogP contribution in [0.2, 0.25) is 0 Å². The number of amides is 1. The predicted molar refractivity (Wildman–Crippen MR) is 125 cm³/mol. The van der Waals surface area contributed by atoms with Gasteiger partial charge in [0.25, 0.3) is 0 Å². The Morgan fingerprint density at radius 3 is 2.41 bits per heavy atom. The highest BCUT2D eigenvalue weighted by Crippen LogP contribution is 2.33. The third-order valence-electron chi connectivity index (χ3n) is 5.35. The molecule has 0 aliphatic rings. The average Bonchev–Trinajstić information content (AvgIpc) is 2.99. The van der Waals surface area contributed by atoms with Crippen molar-refractivity contribution in [2.75, 3.05) is 0 Å². The van der Waals surface area contributed by atoms with Crippen molar-refractivity contribution < 1.29 is 4.79 Å². The zero-order valence-corrected chi connectivity index (χ0v) is 19.2. The van der Waals surface area contributed by atoms with E-state index in [1.165, 1.54) is 27.0 Å². The molecule has 3 rings (SSSR count). The highest BCUT2D eigenvalue weighted by atomic mass is 32.2. The number of thioether (sulfide) groups is 1. The first-order valence-corrected chi connectivity index (χ1v) is 11.3. The van der Waals surface area contributed by atoms with Gasteiger partial charge in [0.2, 0.25) is 5.91 Å². The van der Waals surface area contributed by atoms with Crippen molar-refractivity contribution in [1.29, 1.82) is 0 Å².